The van der Waals surface area contributed by atoms with Crippen LogP contribution in [0.4, 0.5) is 10.5 Å². The van der Waals surface area contributed by atoms with Crippen molar-refractivity contribution in [2.45, 2.75) is 6.92 Å². The summed E-state index contributed by atoms with van der Waals surface area (Å²) in [4.78, 5) is 23.0. The maximum absolute atomic E-state index is 11.5. The van der Waals surface area contributed by atoms with E-state index < -0.39 is 0 Å². The molecule has 19 heavy (non-hydrogen) atoms. The van der Waals surface area contributed by atoms with Gasteiger partial charge in [0.05, 0.1) is 6.61 Å². The molecule has 1 aromatic carbocycles. The lowest BCUT2D eigenvalue weighted by atomic mass is 10.2. The summed E-state index contributed by atoms with van der Waals surface area (Å²) < 4.78 is 4.82. The van der Waals surface area contributed by atoms with E-state index in [0.717, 1.165) is 0 Å². The Hall–Kier alpha value is -2.08. The first kappa shape index (κ1) is 15.0. The minimum atomic E-state index is -0.303. The van der Waals surface area contributed by atoms with Crippen LogP contribution in [0, 0.1) is 0 Å². The molecule has 6 heteroatoms. The third-order valence-corrected chi connectivity index (χ3v) is 2.33. The van der Waals surface area contributed by atoms with Crippen molar-refractivity contribution in [3.63, 3.8) is 0 Å². The minimum Gasteiger partial charge on any atom is -0.383 e. The molecule has 1 rings (SSSR count). The van der Waals surface area contributed by atoms with Crippen LogP contribution in [0.2, 0.25) is 0 Å². The average Bonchev–Trinajstić information content (AvgIpc) is 2.40. The zero-order valence-electron chi connectivity index (χ0n) is 11.2. The van der Waals surface area contributed by atoms with Gasteiger partial charge in [-0.05, 0) is 31.2 Å². The Morgan fingerprint density at radius 1 is 1.16 bits per heavy atom. The van der Waals surface area contributed by atoms with Crippen LogP contribution in [0.3, 0.4) is 0 Å². The van der Waals surface area contributed by atoms with Crippen molar-refractivity contribution in [2.75, 3.05) is 32.1 Å². The predicted molar refractivity (Wildman–Crippen MR) is 73.3 cm³/mol. The van der Waals surface area contributed by atoms with Gasteiger partial charge in [0.2, 0.25) is 0 Å². The van der Waals surface area contributed by atoms with Crippen molar-refractivity contribution in [1.82, 2.24) is 10.6 Å². The molecule has 0 atom stereocenters. The highest BCUT2D eigenvalue weighted by molar-refractivity contribution is 5.95. The van der Waals surface area contributed by atoms with Gasteiger partial charge in [-0.25, -0.2) is 4.79 Å². The summed E-state index contributed by atoms with van der Waals surface area (Å²) >= 11 is 0. The van der Waals surface area contributed by atoms with E-state index >= 15 is 0 Å². The molecule has 0 unspecified atom stereocenters. The first-order valence-electron chi connectivity index (χ1n) is 6.09. The van der Waals surface area contributed by atoms with Gasteiger partial charge in [0, 0.05) is 31.5 Å². The first-order valence-corrected chi connectivity index (χ1v) is 6.09. The number of amides is 3. The molecule has 0 spiro atoms. The molecule has 0 radical (unpaired) electrons. The molecular weight excluding hydrogens is 246 g/mol. The molecule has 0 aliphatic heterocycles. The molecule has 104 valence electrons. The number of ether oxygens (including phenoxy) is 1. The second-order valence-corrected chi connectivity index (χ2v) is 3.81. The summed E-state index contributed by atoms with van der Waals surface area (Å²) in [5, 5.41) is 8.00. The third kappa shape index (κ3) is 5.39. The molecular formula is C13H19N3O3. The van der Waals surface area contributed by atoms with Crippen LogP contribution in [-0.2, 0) is 4.74 Å². The van der Waals surface area contributed by atoms with Gasteiger partial charge >= 0.3 is 6.03 Å². The average molecular weight is 265 g/mol. The molecule has 0 aromatic heterocycles. The predicted octanol–water partition coefficient (Wildman–Crippen LogP) is 1.20. The number of hydrogen-bond acceptors (Lipinski definition) is 3. The Morgan fingerprint density at radius 3 is 2.42 bits per heavy atom. The Balaban J connectivity index is 2.47. The number of hydrogen-bond donors (Lipinski definition) is 3. The number of anilines is 1. The Morgan fingerprint density at radius 2 is 1.84 bits per heavy atom. The molecule has 3 N–H and O–H groups in total. The van der Waals surface area contributed by atoms with Crippen LogP contribution < -0.4 is 16.0 Å². The van der Waals surface area contributed by atoms with Crippen LogP contribution in [0.15, 0.2) is 24.3 Å². The number of carbonyl (C=O) groups excluding carboxylic acids is 2. The zero-order chi connectivity index (χ0) is 14.1. The highest BCUT2D eigenvalue weighted by Crippen LogP contribution is 2.09. The van der Waals surface area contributed by atoms with E-state index in [1.54, 1.807) is 31.4 Å². The van der Waals surface area contributed by atoms with Crippen molar-refractivity contribution in [3.05, 3.63) is 29.8 Å². The van der Waals surface area contributed by atoms with Gasteiger partial charge < -0.3 is 20.7 Å². The normalized spacial score (nSPS) is 9.79. The molecule has 0 fully saturated rings. The molecule has 0 heterocycles. The van der Waals surface area contributed by atoms with E-state index in [1.165, 1.54) is 0 Å². The minimum absolute atomic E-state index is 0.126. The topological polar surface area (TPSA) is 79.5 Å². The van der Waals surface area contributed by atoms with Gasteiger partial charge in [-0.1, -0.05) is 0 Å². The number of methoxy groups -OCH3 is 1. The lowest BCUT2D eigenvalue weighted by Crippen LogP contribution is -2.31. The summed E-state index contributed by atoms with van der Waals surface area (Å²) in [6, 6.07) is 6.38. The van der Waals surface area contributed by atoms with E-state index in [9.17, 15) is 9.59 Å². The fourth-order valence-electron chi connectivity index (χ4n) is 1.41. The van der Waals surface area contributed by atoms with Crippen LogP contribution in [-0.4, -0.2) is 38.7 Å². The first-order chi connectivity index (χ1) is 9.17. The molecule has 1 aromatic rings. The van der Waals surface area contributed by atoms with Crippen LogP contribution in [0.5, 0.6) is 0 Å². The van der Waals surface area contributed by atoms with Crippen LogP contribution >= 0.6 is 0 Å². The van der Waals surface area contributed by atoms with E-state index in [4.69, 9.17) is 4.74 Å². The van der Waals surface area contributed by atoms with Crippen molar-refractivity contribution < 1.29 is 14.3 Å². The lowest BCUT2D eigenvalue weighted by molar-refractivity contribution is 0.0956. The standard InChI is InChI=1S/C13H19N3O3/c1-3-14-12(17)10-4-6-11(7-5-10)16-13(18)15-8-9-19-2/h4-7H,3,8-9H2,1-2H3,(H,14,17)(H2,15,16,18). The fraction of sp³-hybridized carbons (Fsp3) is 0.385. The van der Waals surface area contributed by atoms with Gasteiger partial charge in [0.25, 0.3) is 5.91 Å². The second kappa shape index (κ2) is 8.10. The number of benzene rings is 1. The van der Waals surface area contributed by atoms with Gasteiger partial charge in [0.15, 0.2) is 0 Å². The number of urea groups is 1. The van der Waals surface area contributed by atoms with E-state index in [0.29, 0.717) is 30.9 Å². The smallest absolute Gasteiger partial charge is 0.319 e. The summed E-state index contributed by atoms with van der Waals surface area (Å²) in [6.45, 7) is 3.35. The Labute approximate surface area is 112 Å². The quantitative estimate of drug-likeness (QED) is 0.676. The maximum Gasteiger partial charge on any atom is 0.319 e. The molecule has 0 saturated carbocycles. The number of rotatable bonds is 6. The summed E-state index contributed by atoms with van der Waals surface area (Å²) in [7, 11) is 1.57. The zero-order valence-corrected chi connectivity index (χ0v) is 11.2. The van der Waals surface area contributed by atoms with Gasteiger partial charge in [-0.2, -0.15) is 0 Å². The SMILES string of the molecule is CCNC(=O)c1ccc(NC(=O)NCCOC)cc1. The summed E-state index contributed by atoms with van der Waals surface area (Å²) in [5.41, 5.74) is 1.19. The molecule has 0 bridgehead atoms. The third-order valence-electron chi connectivity index (χ3n) is 2.33. The van der Waals surface area contributed by atoms with Gasteiger partial charge in [-0.15, -0.1) is 0 Å². The lowest BCUT2D eigenvalue weighted by Gasteiger charge is -2.08. The largest absolute Gasteiger partial charge is 0.383 e. The summed E-state index contributed by atoms with van der Waals surface area (Å²) in [5.74, 6) is -0.126. The van der Waals surface area contributed by atoms with E-state index in [1.807, 2.05) is 6.92 Å². The van der Waals surface area contributed by atoms with Crippen molar-refractivity contribution in [2.24, 2.45) is 0 Å². The highest BCUT2D eigenvalue weighted by atomic mass is 16.5. The van der Waals surface area contributed by atoms with Crippen molar-refractivity contribution in [1.29, 1.82) is 0 Å². The van der Waals surface area contributed by atoms with E-state index in [2.05, 4.69) is 16.0 Å². The second-order valence-electron chi connectivity index (χ2n) is 3.81. The molecule has 6 nitrogen and oxygen atoms in total. The molecule has 0 saturated heterocycles. The number of nitrogens with one attached hydrogen (secondary N) is 3. The Bertz CT molecular complexity index is 418. The Kier molecular flexibility index (Phi) is 6.38. The molecule has 3 amide bonds. The van der Waals surface area contributed by atoms with Gasteiger partial charge in [-0.3, -0.25) is 4.79 Å². The van der Waals surface area contributed by atoms with E-state index in [-0.39, 0.29) is 11.9 Å². The van der Waals surface area contributed by atoms with Crippen LogP contribution in [0.1, 0.15) is 17.3 Å². The maximum atomic E-state index is 11.5. The molecule has 0 aliphatic rings. The highest BCUT2D eigenvalue weighted by Gasteiger charge is 2.05. The monoisotopic (exact) mass is 265 g/mol. The fourth-order valence-corrected chi connectivity index (χ4v) is 1.41. The van der Waals surface area contributed by atoms with Crippen molar-refractivity contribution in [3.8, 4) is 0 Å². The number of carbonyl (C=O) groups is 2. The van der Waals surface area contributed by atoms with Gasteiger partial charge in [0.1, 0.15) is 0 Å². The van der Waals surface area contributed by atoms with Crippen LogP contribution in [0.25, 0.3) is 0 Å². The van der Waals surface area contributed by atoms with Crippen molar-refractivity contribution >= 4 is 17.6 Å². The summed E-state index contributed by atoms with van der Waals surface area (Å²) in [6.07, 6.45) is 0. The molecule has 0 aliphatic carbocycles.